The summed E-state index contributed by atoms with van der Waals surface area (Å²) < 4.78 is 5.22. The van der Waals surface area contributed by atoms with Crippen LogP contribution >= 0.6 is 11.6 Å². The van der Waals surface area contributed by atoms with Gasteiger partial charge in [-0.05, 0) is 30.3 Å². The molecule has 108 valence electrons. The lowest BCUT2D eigenvalue weighted by molar-refractivity contribution is -0.123. The summed E-state index contributed by atoms with van der Waals surface area (Å²) in [7, 11) is 0. The van der Waals surface area contributed by atoms with E-state index in [0.717, 1.165) is 0 Å². The van der Waals surface area contributed by atoms with Crippen molar-refractivity contribution in [1.29, 1.82) is 0 Å². The highest BCUT2D eigenvalue weighted by Gasteiger charge is 2.08. The van der Waals surface area contributed by atoms with Gasteiger partial charge in [0, 0.05) is 11.2 Å². The maximum absolute atomic E-state index is 11.6. The first kappa shape index (κ1) is 14.8. The average molecular weight is 306 g/mol. The first-order valence-corrected chi connectivity index (χ1v) is 6.41. The third-order valence-corrected chi connectivity index (χ3v) is 2.61. The van der Waals surface area contributed by atoms with Crippen molar-refractivity contribution in [3.05, 3.63) is 59.4 Å². The molecule has 0 saturated heterocycles. The van der Waals surface area contributed by atoms with Gasteiger partial charge >= 0.3 is 0 Å². The number of nitrogens with zero attached hydrogens (tertiary/aromatic N) is 1. The van der Waals surface area contributed by atoms with E-state index in [-0.39, 0.29) is 12.3 Å². The molecule has 0 bridgehead atoms. The second kappa shape index (κ2) is 7.25. The number of amides is 2. The van der Waals surface area contributed by atoms with Crippen molar-refractivity contribution in [1.82, 2.24) is 15.8 Å². The highest BCUT2D eigenvalue weighted by atomic mass is 35.5. The largest absolute Gasteiger partial charge is 0.484 e. The van der Waals surface area contributed by atoms with Gasteiger partial charge in [0.25, 0.3) is 11.8 Å². The Kier molecular flexibility index (Phi) is 5.11. The summed E-state index contributed by atoms with van der Waals surface area (Å²) in [6, 6.07) is 11.6. The topological polar surface area (TPSA) is 80.3 Å². The summed E-state index contributed by atoms with van der Waals surface area (Å²) in [5.41, 5.74) is 4.67. The van der Waals surface area contributed by atoms with Crippen molar-refractivity contribution >= 4 is 23.4 Å². The lowest BCUT2D eigenvalue weighted by atomic mass is 10.3. The zero-order valence-electron chi connectivity index (χ0n) is 10.9. The fourth-order valence-corrected chi connectivity index (χ4v) is 1.61. The number of carbonyl (C=O) groups is 2. The van der Waals surface area contributed by atoms with Gasteiger partial charge < -0.3 is 4.74 Å². The quantitative estimate of drug-likeness (QED) is 0.840. The molecule has 2 N–H and O–H groups in total. The van der Waals surface area contributed by atoms with Crippen molar-refractivity contribution < 1.29 is 14.3 Å². The summed E-state index contributed by atoms with van der Waals surface area (Å²) in [5.74, 6) is -0.542. The zero-order valence-corrected chi connectivity index (χ0v) is 11.6. The predicted octanol–water partition coefficient (Wildman–Crippen LogP) is 1.57. The van der Waals surface area contributed by atoms with Gasteiger partial charge in [-0.25, -0.2) is 0 Å². The number of pyridine rings is 1. The second-order valence-electron chi connectivity index (χ2n) is 3.96. The molecule has 1 aromatic carbocycles. The van der Waals surface area contributed by atoms with Crippen molar-refractivity contribution in [2.75, 3.05) is 6.61 Å². The molecule has 0 aliphatic heterocycles. The van der Waals surface area contributed by atoms with Crippen LogP contribution in [0, 0.1) is 0 Å². The minimum atomic E-state index is -0.508. The number of carbonyl (C=O) groups excluding carboxylic acids is 2. The highest BCUT2D eigenvalue weighted by Crippen LogP contribution is 2.16. The maximum atomic E-state index is 11.6. The van der Waals surface area contributed by atoms with E-state index in [1.807, 2.05) is 0 Å². The van der Waals surface area contributed by atoms with Gasteiger partial charge in [0.2, 0.25) is 0 Å². The van der Waals surface area contributed by atoms with Crippen LogP contribution in [0.1, 0.15) is 10.5 Å². The summed E-state index contributed by atoms with van der Waals surface area (Å²) >= 11 is 5.79. The molecular weight excluding hydrogens is 294 g/mol. The van der Waals surface area contributed by atoms with E-state index in [9.17, 15) is 9.59 Å². The van der Waals surface area contributed by atoms with Crippen LogP contribution in [0.15, 0.2) is 48.7 Å². The Morgan fingerprint density at radius 2 is 2.00 bits per heavy atom. The van der Waals surface area contributed by atoms with Crippen LogP contribution in [-0.4, -0.2) is 23.4 Å². The van der Waals surface area contributed by atoms with E-state index >= 15 is 0 Å². The van der Waals surface area contributed by atoms with Gasteiger partial charge in [-0.2, -0.15) is 0 Å². The summed E-state index contributed by atoms with van der Waals surface area (Å²) in [4.78, 5) is 27.0. The Labute approximate surface area is 126 Å². The molecule has 1 heterocycles. The third-order valence-electron chi connectivity index (χ3n) is 2.38. The maximum Gasteiger partial charge on any atom is 0.288 e. The van der Waals surface area contributed by atoms with Crippen LogP contribution in [0.25, 0.3) is 0 Å². The van der Waals surface area contributed by atoms with E-state index < -0.39 is 11.8 Å². The second-order valence-corrected chi connectivity index (χ2v) is 4.40. The molecule has 6 nitrogen and oxygen atoms in total. The van der Waals surface area contributed by atoms with Crippen LogP contribution in [-0.2, 0) is 4.79 Å². The van der Waals surface area contributed by atoms with E-state index in [1.54, 1.807) is 36.4 Å². The first-order valence-electron chi connectivity index (χ1n) is 6.04. The molecule has 2 aromatic rings. The predicted molar refractivity (Wildman–Crippen MR) is 76.8 cm³/mol. The van der Waals surface area contributed by atoms with Crippen LogP contribution in [0.2, 0.25) is 5.02 Å². The molecule has 0 unspecified atom stereocenters. The summed E-state index contributed by atoms with van der Waals surface area (Å²) in [5, 5.41) is 0.511. The Morgan fingerprint density at radius 3 is 2.71 bits per heavy atom. The number of rotatable bonds is 4. The minimum absolute atomic E-state index is 0.202. The van der Waals surface area contributed by atoms with Crippen molar-refractivity contribution in [2.24, 2.45) is 0 Å². The number of hydrogen-bond donors (Lipinski definition) is 2. The molecule has 0 atom stereocenters. The van der Waals surface area contributed by atoms with Crippen LogP contribution in [0.5, 0.6) is 5.75 Å². The summed E-state index contributed by atoms with van der Waals surface area (Å²) in [6.07, 6.45) is 1.49. The lowest BCUT2D eigenvalue weighted by Crippen LogP contribution is -2.44. The van der Waals surface area contributed by atoms with Gasteiger partial charge in [-0.1, -0.05) is 23.7 Å². The molecule has 2 rings (SSSR count). The Bertz CT molecular complexity index is 634. The molecule has 21 heavy (non-hydrogen) atoms. The number of hydrogen-bond acceptors (Lipinski definition) is 4. The lowest BCUT2D eigenvalue weighted by Gasteiger charge is -2.08. The normalized spacial score (nSPS) is 9.76. The number of nitrogens with one attached hydrogen (secondary N) is 2. The van der Waals surface area contributed by atoms with Crippen LogP contribution < -0.4 is 15.6 Å². The Hall–Kier alpha value is -2.60. The number of aromatic nitrogens is 1. The standard InChI is InChI=1S/C14H12ClN3O3/c15-10-4-3-5-11(8-10)21-9-13(19)17-18-14(20)12-6-1-2-7-16-12/h1-8H,9H2,(H,17,19)(H,18,20). The molecule has 0 spiro atoms. The molecule has 0 aliphatic rings. The number of hydrazine groups is 1. The monoisotopic (exact) mass is 305 g/mol. The van der Waals surface area contributed by atoms with E-state index in [2.05, 4.69) is 15.8 Å². The molecule has 0 fully saturated rings. The number of halogens is 1. The molecule has 0 aliphatic carbocycles. The molecule has 0 saturated carbocycles. The third kappa shape index (κ3) is 4.77. The van der Waals surface area contributed by atoms with Gasteiger partial charge in [0.05, 0.1) is 0 Å². The molecule has 1 aromatic heterocycles. The summed E-state index contributed by atoms with van der Waals surface area (Å²) in [6.45, 7) is -0.247. The van der Waals surface area contributed by atoms with Crippen LogP contribution in [0.4, 0.5) is 0 Å². The van der Waals surface area contributed by atoms with Gasteiger partial charge in [-0.15, -0.1) is 0 Å². The first-order chi connectivity index (χ1) is 10.1. The Balaban J connectivity index is 1.76. The number of benzene rings is 1. The van der Waals surface area contributed by atoms with Crippen molar-refractivity contribution in [2.45, 2.75) is 0 Å². The van der Waals surface area contributed by atoms with Crippen molar-refractivity contribution in [3.8, 4) is 5.75 Å². The molecule has 2 amide bonds. The SMILES string of the molecule is O=C(COc1cccc(Cl)c1)NNC(=O)c1ccccn1. The molecule has 7 heteroatoms. The average Bonchev–Trinajstić information content (AvgIpc) is 2.51. The van der Waals surface area contributed by atoms with Gasteiger partial charge in [0.15, 0.2) is 6.61 Å². The molecule has 0 radical (unpaired) electrons. The van der Waals surface area contributed by atoms with Gasteiger partial charge in [-0.3, -0.25) is 25.4 Å². The minimum Gasteiger partial charge on any atom is -0.484 e. The Morgan fingerprint density at radius 1 is 1.14 bits per heavy atom. The van der Waals surface area contributed by atoms with E-state index in [1.165, 1.54) is 12.3 Å². The fraction of sp³-hybridized carbons (Fsp3) is 0.0714. The zero-order chi connectivity index (χ0) is 15.1. The molecular formula is C14H12ClN3O3. The van der Waals surface area contributed by atoms with Crippen molar-refractivity contribution in [3.63, 3.8) is 0 Å². The fourth-order valence-electron chi connectivity index (χ4n) is 1.43. The van der Waals surface area contributed by atoms with E-state index in [0.29, 0.717) is 10.8 Å². The van der Waals surface area contributed by atoms with Gasteiger partial charge in [0.1, 0.15) is 11.4 Å². The van der Waals surface area contributed by atoms with E-state index in [4.69, 9.17) is 16.3 Å². The highest BCUT2D eigenvalue weighted by molar-refractivity contribution is 6.30. The van der Waals surface area contributed by atoms with Crippen LogP contribution in [0.3, 0.4) is 0 Å². The number of ether oxygens (including phenoxy) is 1. The smallest absolute Gasteiger partial charge is 0.288 e.